The predicted octanol–water partition coefficient (Wildman–Crippen LogP) is 6.78. The van der Waals surface area contributed by atoms with Gasteiger partial charge in [-0.25, -0.2) is 0 Å². The maximum absolute atomic E-state index is 5.65. The first-order valence-electron chi connectivity index (χ1n) is 7.46. The Kier molecular flexibility index (Phi) is 5.35. The quantitative estimate of drug-likeness (QED) is 0.312. The van der Waals surface area contributed by atoms with Gasteiger partial charge >= 0.3 is 0 Å². The van der Waals surface area contributed by atoms with Crippen LogP contribution >= 0.6 is 31.9 Å². The number of rotatable bonds is 3. The molecule has 0 spiro atoms. The van der Waals surface area contributed by atoms with Gasteiger partial charge in [0.05, 0.1) is 0 Å². The second-order valence-corrected chi connectivity index (χ2v) is 7.13. The zero-order valence-corrected chi connectivity index (χ0v) is 16.0. The maximum atomic E-state index is 5.65. The Morgan fingerprint density at radius 2 is 1.25 bits per heavy atom. The summed E-state index contributed by atoms with van der Waals surface area (Å²) in [6.45, 7) is 0. The lowest BCUT2D eigenvalue weighted by Gasteiger charge is -2.10. The number of terminal acetylenes is 1. The first-order valence-corrected chi connectivity index (χ1v) is 9.05. The average molecular weight is 438 g/mol. The van der Waals surface area contributed by atoms with Crippen LogP contribution in [-0.2, 0) is 0 Å². The van der Waals surface area contributed by atoms with Crippen LogP contribution in [0.2, 0.25) is 0 Å². The van der Waals surface area contributed by atoms with Crippen LogP contribution in [0.15, 0.2) is 81.7 Å². The molecule has 0 heterocycles. The molecule has 0 radical (unpaired) electrons. The van der Waals surface area contributed by atoms with Gasteiger partial charge in [-0.1, -0.05) is 80.2 Å². The van der Waals surface area contributed by atoms with Crippen molar-refractivity contribution in [2.75, 3.05) is 0 Å². The third kappa shape index (κ3) is 3.87. The van der Waals surface area contributed by atoms with Gasteiger partial charge in [0.15, 0.2) is 0 Å². The number of halogens is 2. The van der Waals surface area contributed by atoms with E-state index in [1.165, 1.54) is 0 Å². The summed E-state index contributed by atoms with van der Waals surface area (Å²) < 4.78 is 2.12. The fourth-order valence-electron chi connectivity index (χ4n) is 2.50. The van der Waals surface area contributed by atoms with Crippen LogP contribution in [0.4, 0.5) is 0 Å². The third-order valence-corrected chi connectivity index (χ3v) is 4.78. The van der Waals surface area contributed by atoms with E-state index in [0.717, 1.165) is 36.8 Å². The van der Waals surface area contributed by atoms with E-state index in [0.29, 0.717) is 0 Å². The van der Waals surface area contributed by atoms with Gasteiger partial charge in [-0.3, -0.25) is 0 Å². The molecule has 0 bridgehead atoms. The minimum absolute atomic E-state index is 0.893. The summed E-state index contributed by atoms with van der Waals surface area (Å²) in [6, 6.07) is 24.6. The Balaban J connectivity index is 2.18. The molecular formula is C22H14Br2. The van der Waals surface area contributed by atoms with Crippen LogP contribution in [0.25, 0.3) is 11.6 Å². The van der Waals surface area contributed by atoms with E-state index < -0.39 is 0 Å². The predicted molar refractivity (Wildman–Crippen MR) is 110 cm³/mol. The zero-order valence-electron chi connectivity index (χ0n) is 12.8. The summed E-state index contributed by atoms with van der Waals surface area (Å²) in [4.78, 5) is 0. The molecule has 0 aromatic heterocycles. The minimum atomic E-state index is 0.893. The van der Waals surface area contributed by atoms with E-state index in [-0.39, 0.29) is 0 Å². The lowest BCUT2D eigenvalue weighted by molar-refractivity contribution is 1.52. The molecule has 2 heteroatoms. The molecule has 3 aromatic rings. The van der Waals surface area contributed by atoms with Gasteiger partial charge in [0.1, 0.15) is 0 Å². The molecule has 0 aliphatic heterocycles. The highest BCUT2D eigenvalue weighted by Crippen LogP contribution is 2.29. The second kappa shape index (κ2) is 7.66. The number of benzene rings is 3. The number of hydrogen-bond donors (Lipinski definition) is 0. The van der Waals surface area contributed by atoms with Crippen molar-refractivity contribution in [1.82, 2.24) is 0 Å². The van der Waals surface area contributed by atoms with Gasteiger partial charge in [-0.2, -0.15) is 0 Å². The largest absolute Gasteiger partial charge is 0.115 e. The summed E-state index contributed by atoms with van der Waals surface area (Å²) >= 11 is 7.00. The molecule has 0 N–H and O–H groups in total. The summed E-state index contributed by atoms with van der Waals surface area (Å²) in [5.74, 6) is 2.76. The molecule has 0 saturated carbocycles. The van der Waals surface area contributed by atoms with Gasteiger partial charge in [-0.05, 0) is 58.7 Å². The van der Waals surface area contributed by atoms with Gasteiger partial charge in [0.2, 0.25) is 0 Å². The molecule has 0 aliphatic carbocycles. The fraction of sp³-hybridized carbons (Fsp3) is 0. The molecule has 0 nitrogen and oxygen atoms in total. The SMILES string of the molecule is C#Cc1ccccc1C=C(c1ccc(Br)cc1)c1ccc(Br)cc1. The normalized spacial score (nSPS) is 10.0. The van der Waals surface area contributed by atoms with Crippen molar-refractivity contribution in [2.24, 2.45) is 0 Å². The maximum Gasteiger partial charge on any atom is 0.0315 e. The standard InChI is InChI=1S/C22H14Br2/c1-2-16-5-3-4-6-19(16)15-22(17-7-11-20(23)12-8-17)18-9-13-21(24)14-10-18/h1,3-15H. The molecule has 0 amide bonds. The first kappa shape index (κ1) is 16.8. The van der Waals surface area contributed by atoms with E-state index in [4.69, 9.17) is 6.42 Å². The van der Waals surface area contributed by atoms with E-state index >= 15 is 0 Å². The Morgan fingerprint density at radius 1 is 0.750 bits per heavy atom. The Morgan fingerprint density at radius 3 is 1.75 bits per heavy atom. The number of hydrogen-bond acceptors (Lipinski definition) is 0. The van der Waals surface area contributed by atoms with Crippen molar-refractivity contribution >= 4 is 43.5 Å². The first-order chi connectivity index (χ1) is 11.7. The average Bonchev–Trinajstić information content (AvgIpc) is 2.62. The van der Waals surface area contributed by atoms with Gasteiger partial charge in [0, 0.05) is 14.5 Å². The lowest BCUT2D eigenvalue weighted by atomic mass is 9.94. The molecule has 0 saturated heterocycles. The molecular weight excluding hydrogens is 424 g/mol. The molecule has 24 heavy (non-hydrogen) atoms. The summed E-state index contributed by atoms with van der Waals surface area (Å²) in [5.41, 5.74) is 5.36. The van der Waals surface area contributed by atoms with Crippen molar-refractivity contribution in [1.29, 1.82) is 0 Å². The second-order valence-electron chi connectivity index (χ2n) is 5.30. The van der Waals surface area contributed by atoms with Crippen LogP contribution in [0.3, 0.4) is 0 Å². The minimum Gasteiger partial charge on any atom is -0.115 e. The van der Waals surface area contributed by atoms with Crippen molar-refractivity contribution in [3.05, 3.63) is 104 Å². The van der Waals surface area contributed by atoms with Crippen molar-refractivity contribution in [2.45, 2.75) is 0 Å². The van der Waals surface area contributed by atoms with Crippen LogP contribution in [0.5, 0.6) is 0 Å². The summed E-state index contributed by atoms with van der Waals surface area (Å²) in [6.07, 6.45) is 7.81. The van der Waals surface area contributed by atoms with Gasteiger partial charge in [0.25, 0.3) is 0 Å². The monoisotopic (exact) mass is 436 g/mol. The Labute approximate surface area is 159 Å². The molecule has 116 valence electrons. The Bertz CT molecular complexity index is 864. The van der Waals surface area contributed by atoms with Gasteiger partial charge in [-0.15, -0.1) is 6.42 Å². The molecule has 0 aliphatic rings. The summed E-state index contributed by atoms with van der Waals surface area (Å²) in [5, 5.41) is 0. The third-order valence-electron chi connectivity index (χ3n) is 3.73. The Hall–Kier alpha value is -2.08. The molecule has 0 fully saturated rings. The van der Waals surface area contributed by atoms with Gasteiger partial charge < -0.3 is 0 Å². The van der Waals surface area contributed by atoms with E-state index in [2.05, 4.69) is 92.4 Å². The van der Waals surface area contributed by atoms with Crippen molar-refractivity contribution in [3.8, 4) is 12.3 Å². The van der Waals surface area contributed by atoms with E-state index in [1.54, 1.807) is 0 Å². The highest BCUT2D eigenvalue weighted by molar-refractivity contribution is 9.10. The van der Waals surface area contributed by atoms with Crippen LogP contribution in [0, 0.1) is 12.3 Å². The van der Waals surface area contributed by atoms with E-state index in [1.807, 2.05) is 24.3 Å². The fourth-order valence-corrected chi connectivity index (χ4v) is 3.03. The van der Waals surface area contributed by atoms with E-state index in [9.17, 15) is 0 Å². The highest BCUT2D eigenvalue weighted by Gasteiger charge is 2.07. The van der Waals surface area contributed by atoms with Crippen molar-refractivity contribution < 1.29 is 0 Å². The summed E-state index contributed by atoms with van der Waals surface area (Å²) in [7, 11) is 0. The van der Waals surface area contributed by atoms with Crippen LogP contribution < -0.4 is 0 Å². The topological polar surface area (TPSA) is 0 Å². The van der Waals surface area contributed by atoms with Crippen LogP contribution in [0.1, 0.15) is 22.3 Å². The highest BCUT2D eigenvalue weighted by atomic mass is 79.9. The molecule has 3 aromatic carbocycles. The zero-order chi connectivity index (χ0) is 16.9. The molecule has 0 atom stereocenters. The smallest absolute Gasteiger partial charge is 0.0315 e. The molecule has 3 rings (SSSR count). The lowest BCUT2D eigenvalue weighted by Crippen LogP contribution is -1.90. The molecule has 0 unspecified atom stereocenters. The van der Waals surface area contributed by atoms with Crippen LogP contribution in [-0.4, -0.2) is 0 Å². The van der Waals surface area contributed by atoms with Crippen molar-refractivity contribution in [3.63, 3.8) is 0 Å².